The molecule has 0 aromatic rings. The van der Waals surface area contributed by atoms with E-state index in [0.717, 1.165) is 0 Å². The normalized spacial score (nSPS) is 46.4. The van der Waals surface area contributed by atoms with E-state index in [1.54, 1.807) is 0 Å². The second-order valence-corrected chi connectivity index (χ2v) is 3.08. The fourth-order valence-electron chi connectivity index (χ4n) is 1.41. The van der Waals surface area contributed by atoms with E-state index >= 15 is 0 Å². The van der Waals surface area contributed by atoms with Crippen molar-refractivity contribution in [2.45, 2.75) is 24.6 Å². The van der Waals surface area contributed by atoms with E-state index in [1.807, 2.05) is 0 Å². The largest absolute Gasteiger partial charge is 0.396 e. The first kappa shape index (κ1) is 10.8. The highest BCUT2D eigenvalue weighted by atomic mass is 16.6. The Morgan fingerprint density at radius 1 is 0.923 bits per heavy atom. The Bertz CT molecular complexity index is 161. The summed E-state index contributed by atoms with van der Waals surface area (Å²) in [6, 6.07) is 0. The number of rotatable bonds is 2. The Balaban J connectivity index is 2.69. The molecule has 0 bridgehead atoms. The van der Waals surface area contributed by atoms with Crippen molar-refractivity contribution in [3.8, 4) is 0 Å². The molecule has 0 spiro atoms. The van der Waals surface area contributed by atoms with Gasteiger partial charge in [-0.05, 0) is 0 Å². The number of aliphatic hydroxyl groups is 5. The zero-order chi connectivity index (χ0) is 10.0. The predicted octanol–water partition coefficient (Wildman–Crippen LogP) is -2.97. The molecule has 5 N–H and O–H groups in total. The van der Waals surface area contributed by atoms with Gasteiger partial charge in [0.05, 0.1) is 25.4 Å². The average molecular weight is 194 g/mol. The van der Waals surface area contributed by atoms with Gasteiger partial charge in [-0.3, -0.25) is 0 Å². The summed E-state index contributed by atoms with van der Waals surface area (Å²) in [5.41, 5.74) is 0. The molecule has 0 saturated carbocycles. The highest BCUT2D eigenvalue weighted by molar-refractivity contribution is 4.87. The van der Waals surface area contributed by atoms with Gasteiger partial charge >= 0.3 is 0 Å². The third-order valence-electron chi connectivity index (χ3n) is 2.26. The topological polar surface area (TPSA) is 110 Å². The molecule has 1 fully saturated rings. The van der Waals surface area contributed by atoms with Crippen LogP contribution in [0, 0.1) is 5.92 Å². The van der Waals surface area contributed by atoms with E-state index in [9.17, 15) is 5.11 Å². The molecule has 1 saturated heterocycles. The van der Waals surface area contributed by atoms with Gasteiger partial charge < -0.3 is 30.3 Å². The number of hydrogen-bond donors (Lipinski definition) is 5. The molecule has 0 amide bonds. The molecule has 78 valence electrons. The van der Waals surface area contributed by atoms with Crippen LogP contribution in [0.4, 0.5) is 0 Å². The molecule has 0 aromatic heterocycles. The second-order valence-electron chi connectivity index (χ2n) is 3.08. The lowest BCUT2D eigenvalue weighted by atomic mass is 9.90. The molecule has 0 radical (unpaired) electrons. The Kier molecular flexibility index (Phi) is 3.60. The van der Waals surface area contributed by atoms with Crippen LogP contribution in [-0.2, 0) is 4.74 Å². The van der Waals surface area contributed by atoms with Gasteiger partial charge in [0.1, 0.15) is 6.10 Å². The molecule has 1 heterocycles. The summed E-state index contributed by atoms with van der Waals surface area (Å²) < 4.78 is 4.76. The Morgan fingerprint density at radius 3 is 2.00 bits per heavy atom. The highest BCUT2D eigenvalue weighted by Gasteiger charge is 2.42. The predicted molar refractivity (Wildman–Crippen MR) is 40.6 cm³/mol. The van der Waals surface area contributed by atoms with E-state index in [0.29, 0.717) is 0 Å². The minimum absolute atomic E-state index is 0.420. The lowest BCUT2D eigenvalue weighted by Gasteiger charge is -2.39. The lowest BCUT2D eigenvalue weighted by Crippen LogP contribution is -2.56. The summed E-state index contributed by atoms with van der Waals surface area (Å²) in [7, 11) is 0. The Morgan fingerprint density at radius 2 is 1.54 bits per heavy atom. The fourth-order valence-corrected chi connectivity index (χ4v) is 1.41. The maximum absolute atomic E-state index is 9.35. The molecule has 1 rings (SSSR count). The van der Waals surface area contributed by atoms with Crippen LogP contribution in [0.1, 0.15) is 0 Å². The first-order valence-corrected chi connectivity index (χ1v) is 4.03. The first-order valence-electron chi connectivity index (χ1n) is 4.03. The van der Waals surface area contributed by atoms with Crippen LogP contribution in [0.15, 0.2) is 0 Å². The van der Waals surface area contributed by atoms with Gasteiger partial charge in [-0.15, -0.1) is 0 Å². The maximum atomic E-state index is 9.35. The zero-order valence-electron chi connectivity index (χ0n) is 6.95. The molecule has 6 nitrogen and oxygen atoms in total. The van der Waals surface area contributed by atoms with Crippen LogP contribution < -0.4 is 0 Å². The van der Waals surface area contributed by atoms with Crippen molar-refractivity contribution in [2.24, 2.45) is 5.92 Å². The second kappa shape index (κ2) is 4.32. The molecule has 1 aliphatic heterocycles. The molecule has 6 heteroatoms. The molecule has 5 atom stereocenters. The smallest absolute Gasteiger partial charge is 0.183 e. The summed E-state index contributed by atoms with van der Waals surface area (Å²) in [5.74, 6) is -0.775. The molecule has 1 aliphatic rings. The monoisotopic (exact) mass is 194 g/mol. The van der Waals surface area contributed by atoms with E-state index in [2.05, 4.69) is 0 Å². The van der Waals surface area contributed by atoms with Crippen LogP contribution >= 0.6 is 0 Å². The van der Waals surface area contributed by atoms with Crippen molar-refractivity contribution in [1.82, 2.24) is 0 Å². The Hall–Kier alpha value is -0.240. The van der Waals surface area contributed by atoms with Gasteiger partial charge in [0, 0.05) is 5.92 Å². The third-order valence-corrected chi connectivity index (χ3v) is 2.26. The van der Waals surface area contributed by atoms with Crippen LogP contribution in [-0.4, -0.2) is 63.3 Å². The fraction of sp³-hybridized carbons (Fsp3) is 1.00. The summed E-state index contributed by atoms with van der Waals surface area (Å²) in [6.07, 6.45) is -5.10. The minimum atomic E-state index is -1.52. The number of ether oxygens (including phenoxy) is 1. The highest BCUT2D eigenvalue weighted by Crippen LogP contribution is 2.24. The molecular weight excluding hydrogens is 180 g/mol. The van der Waals surface area contributed by atoms with Gasteiger partial charge in [-0.2, -0.15) is 0 Å². The summed E-state index contributed by atoms with van der Waals surface area (Å²) in [6.45, 7) is -0.845. The molecule has 4 unspecified atom stereocenters. The van der Waals surface area contributed by atoms with Gasteiger partial charge in [0.25, 0.3) is 0 Å². The van der Waals surface area contributed by atoms with Crippen molar-refractivity contribution < 1.29 is 30.3 Å². The van der Waals surface area contributed by atoms with Gasteiger partial charge in [-0.25, -0.2) is 0 Å². The zero-order valence-corrected chi connectivity index (χ0v) is 6.95. The maximum Gasteiger partial charge on any atom is 0.183 e. The summed E-state index contributed by atoms with van der Waals surface area (Å²) in [4.78, 5) is 0. The Labute approximate surface area is 75.0 Å². The summed E-state index contributed by atoms with van der Waals surface area (Å²) >= 11 is 0. The van der Waals surface area contributed by atoms with Crippen molar-refractivity contribution >= 4 is 0 Å². The van der Waals surface area contributed by atoms with Crippen molar-refractivity contribution in [3.63, 3.8) is 0 Å². The standard InChI is InChI=1S/C7H14O6/c8-1-3-4(2-9)13-7(12)6(11)5(3)10/h3-12H,1-2H2/t3?,4?,5?,6-,7?/m0/s1. The molecular formula is C7H14O6. The van der Waals surface area contributed by atoms with Crippen molar-refractivity contribution in [2.75, 3.05) is 13.2 Å². The quantitative estimate of drug-likeness (QED) is 0.321. The number of hydrogen-bond acceptors (Lipinski definition) is 6. The van der Waals surface area contributed by atoms with E-state index < -0.39 is 43.7 Å². The van der Waals surface area contributed by atoms with E-state index in [4.69, 9.17) is 25.2 Å². The van der Waals surface area contributed by atoms with Crippen LogP contribution in [0.5, 0.6) is 0 Å². The van der Waals surface area contributed by atoms with Crippen LogP contribution in [0.2, 0.25) is 0 Å². The minimum Gasteiger partial charge on any atom is -0.396 e. The number of aliphatic hydroxyl groups excluding tert-OH is 5. The molecule has 0 aromatic carbocycles. The third kappa shape index (κ3) is 1.98. The van der Waals surface area contributed by atoms with Crippen molar-refractivity contribution in [3.05, 3.63) is 0 Å². The van der Waals surface area contributed by atoms with Gasteiger partial charge in [-0.1, -0.05) is 0 Å². The van der Waals surface area contributed by atoms with E-state index in [-0.39, 0.29) is 0 Å². The van der Waals surface area contributed by atoms with Gasteiger partial charge in [0.2, 0.25) is 0 Å². The molecule has 0 aliphatic carbocycles. The average Bonchev–Trinajstić information content (AvgIpc) is 2.13. The van der Waals surface area contributed by atoms with Crippen LogP contribution in [0.25, 0.3) is 0 Å². The van der Waals surface area contributed by atoms with Gasteiger partial charge in [0.15, 0.2) is 6.29 Å². The first-order chi connectivity index (χ1) is 6.11. The van der Waals surface area contributed by atoms with Crippen molar-refractivity contribution in [1.29, 1.82) is 0 Å². The van der Waals surface area contributed by atoms with E-state index in [1.165, 1.54) is 0 Å². The lowest BCUT2D eigenvalue weighted by molar-refractivity contribution is -0.277. The summed E-state index contributed by atoms with van der Waals surface area (Å²) in [5, 5.41) is 45.1. The van der Waals surface area contributed by atoms with Crippen LogP contribution in [0.3, 0.4) is 0 Å². The molecule has 13 heavy (non-hydrogen) atoms. The SMILES string of the molecule is OCC1OC(O)[C@@H](O)C(O)C1CO.